The summed E-state index contributed by atoms with van der Waals surface area (Å²) in [6.45, 7) is 3.14. The highest BCUT2D eigenvalue weighted by Gasteiger charge is 2.04. The maximum Gasteiger partial charge on any atom is 0.237 e. The van der Waals surface area contributed by atoms with E-state index in [2.05, 4.69) is 10.3 Å². The zero-order valence-corrected chi connectivity index (χ0v) is 12.0. The molecule has 0 aliphatic rings. The van der Waals surface area contributed by atoms with E-state index in [1.54, 1.807) is 12.3 Å². The van der Waals surface area contributed by atoms with E-state index in [1.807, 2.05) is 31.2 Å². The largest absolute Gasteiger partial charge is 0.476 e. The zero-order valence-electron chi connectivity index (χ0n) is 10.5. The van der Waals surface area contributed by atoms with E-state index in [4.69, 9.17) is 27.9 Å². The minimum atomic E-state index is 0.553. The third-order valence-electron chi connectivity index (χ3n) is 2.52. The summed E-state index contributed by atoms with van der Waals surface area (Å²) in [5, 5.41) is 4.38. The minimum absolute atomic E-state index is 0.553. The van der Waals surface area contributed by atoms with E-state index >= 15 is 0 Å². The Balaban J connectivity index is 2.07. The molecule has 0 spiro atoms. The first-order valence-electron chi connectivity index (χ1n) is 5.96. The molecule has 2 aromatic rings. The second kappa shape index (κ2) is 6.64. The van der Waals surface area contributed by atoms with Gasteiger partial charge in [0.25, 0.3) is 0 Å². The molecular weight excluding hydrogens is 283 g/mol. The van der Waals surface area contributed by atoms with E-state index in [0.29, 0.717) is 29.1 Å². The summed E-state index contributed by atoms with van der Waals surface area (Å²) in [5.74, 6) is 0.602. The van der Waals surface area contributed by atoms with Gasteiger partial charge in [0, 0.05) is 12.7 Å². The summed E-state index contributed by atoms with van der Waals surface area (Å²) in [6, 6.07) is 9.34. The minimum Gasteiger partial charge on any atom is -0.476 e. The highest BCUT2D eigenvalue weighted by Crippen LogP contribution is 2.24. The topological polar surface area (TPSA) is 34.1 Å². The average molecular weight is 297 g/mol. The maximum atomic E-state index is 5.98. The molecule has 0 unspecified atom stereocenters. The first-order valence-corrected chi connectivity index (χ1v) is 6.72. The Morgan fingerprint density at radius 3 is 2.79 bits per heavy atom. The van der Waals surface area contributed by atoms with Crippen LogP contribution in [-0.4, -0.2) is 11.6 Å². The first-order chi connectivity index (χ1) is 9.20. The molecular formula is C14H14Cl2N2O. The van der Waals surface area contributed by atoms with E-state index < -0.39 is 0 Å². The lowest BCUT2D eigenvalue weighted by molar-refractivity contribution is 0.328. The smallest absolute Gasteiger partial charge is 0.237 e. The molecule has 0 saturated carbocycles. The number of rotatable bonds is 5. The Kier molecular flexibility index (Phi) is 4.88. The lowest BCUT2D eigenvalue weighted by Crippen LogP contribution is -2.03. The van der Waals surface area contributed by atoms with Gasteiger partial charge in [0.2, 0.25) is 5.88 Å². The summed E-state index contributed by atoms with van der Waals surface area (Å²) in [6.07, 6.45) is 1.70. The number of ether oxygens (including phenoxy) is 1. The predicted octanol–water partition coefficient (Wildman–Crippen LogP) is 4.40. The van der Waals surface area contributed by atoms with Gasteiger partial charge in [-0.15, -0.1) is 0 Å². The second-order valence-electron chi connectivity index (χ2n) is 3.89. The van der Waals surface area contributed by atoms with Gasteiger partial charge < -0.3 is 10.1 Å². The van der Waals surface area contributed by atoms with Crippen LogP contribution in [0.3, 0.4) is 0 Å². The van der Waals surface area contributed by atoms with Crippen LogP contribution in [0.5, 0.6) is 5.88 Å². The fraction of sp³-hybridized carbons (Fsp3) is 0.214. The number of nitrogens with zero attached hydrogens (tertiary/aromatic N) is 1. The van der Waals surface area contributed by atoms with Crippen molar-refractivity contribution in [1.29, 1.82) is 0 Å². The van der Waals surface area contributed by atoms with Crippen molar-refractivity contribution < 1.29 is 4.74 Å². The number of benzene rings is 1. The molecule has 0 bridgehead atoms. The molecule has 1 aromatic heterocycles. The summed E-state index contributed by atoms with van der Waals surface area (Å²) in [7, 11) is 0. The molecule has 0 atom stereocenters. The number of pyridine rings is 1. The molecule has 1 aromatic carbocycles. The van der Waals surface area contributed by atoms with Crippen molar-refractivity contribution in [2.45, 2.75) is 13.5 Å². The molecule has 1 heterocycles. The summed E-state index contributed by atoms with van der Waals surface area (Å²) < 4.78 is 5.45. The van der Waals surface area contributed by atoms with Gasteiger partial charge in [-0.3, -0.25) is 0 Å². The number of aromatic nitrogens is 1. The number of hydrogen-bond acceptors (Lipinski definition) is 3. The van der Waals surface area contributed by atoms with Crippen LogP contribution in [0.25, 0.3) is 0 Å². The molecule has 100 valence electrons. The molecule has 19 heavy (non-hydrogen) atoms. The van der Waals surface area contributed by atoms with Crippen molar-refractivity contribution in [2.75, 3.05) is 11.9 Å². The van der Waals surface area contributed by atoms with Crippen molar-refractivity contribution in [3.63, 3.8) is 0 Å². The molecule has 2 rings (SSSR count). The Labute approximate surface area is 122 Å². The van der Waals surface area contributed by atoms with Crippen molar-refractivity contribution in [1.82, 2.24) is 4.98 Å². The van der Waals surface area contributed by atoms with Gasteiger partial charge in [-0.05, 0) is 36.8 Å². The van der Waals surface area contributed by atoms with Crippen molar-refractivity contribution in [3.8, 4) is 5.88 Å². The summed E-state index contributed by atoms with van der Waals surface area (Å²) in [4.78, 5) is 4.18. The monoisotopic (exact) mass is 296 g/mol. The number of nitrogens with one attached hydrogen (secondary N) is 1. The van der Waals surface area contributed by atoms with Gasteiger partial charge in [-0.1, -0.05) is 29.3 Å². The molecule has 1 N–H and O–H groups in total. The first kappa shape index (κ1) is 14.0. The van der Waals surface area contributed by atoms with Crippen LogP contribution in [0.2, 0.25) is 10.0 Å². The van der Waals surface area contributed by atoms with Gasteiger partial charge in [0.15, 0.2) is 0 Å². The Morgan fingerprint density at radius 2 is 2.05 bits per heavy atom. The van der Waals surface area contributed by atoms with E-state index in [0.717, 1.165) is 11.3 Å². The van der Waals surface area contributed by atoms with Gasteiger partial charge in [-0.25, -0.2) is 4.98 Å². The lowest BCUT2D eigenvalue weighted by Gasteiger charge is -2.11. The summed E-state index contributed by atoms with van der Waals surface area (Å²) >= 11 is 11.9. The van der Waals surface area contributed by atoms with E-state index in [9.17, 15) is 0 Å². The highest BCUT2D eigenvalue weighted by atomic mass is 35.5. The Morgan fingerprint density at radius 1 is 1.21 bits per heavy atom. The van der Waals surface area contributed by atoms with Crippen LogP contribution >= 0.6 is 23.2 Å². The van der Waals surface area contributed by atoms with Crippen molar-refractivity contribution in [2.24, 2.45) is 0 Å². The molecule has 0 saturated heterocycles. The molecule has 0 fully saturated rings. The SMILES string of the molecule is CCOc1ncccc1NCc1ccc(Cl)c(Cl)c1. The zero-order chi connectivity index (χ0) is 13.7. The van der Waals surface area contributed by atoms with E-state index in [-0.39, 0.29) is 0 Å². The molecule has 0 aliphatic carbocycles. The van der Waals surface area contributed by atoms with Crippen LogP contribution < -0.4 is 10.1 Å². The fourth-order valence-electron chi connectivity index (χ4n) is 1.62. The molecule has 0 radical (unpaired) electrons. The highest BCUT2D eigenvalue weighted by molar-refractivity contribution is 6.42. The van der Waals surface area contributed by atoms with Crippen LogP contribution in [0.15, 0.2) is 36.5 Å². The summed E-state index contributed by atoms with van der Waals surface area (Å²) in [5.41, 5.74) is 1.90. The molecule has 5 heteroatoms. The average Bonchev–Trinajstić information content (AvgIpc) is 2.42. The Hall–Kier alpha value is -1.45. The quantitative estimate of drug-likeness (QED) is 0.888. The second-order valence-corrected chi connectivity index (χ2v) is 4.71. The van der Waals surface area contributed by atoms with Crippen LogP contribution in [-0.2, 0) is 6.54 Å². The number of halogens is 2. The number of hydrogen-bond donors (Lipinski definition) is 1. The molecule has 0 aliphatic heterocycles. The van der Waals surface area contributed by atoms with Crippen LogP contribution in [0.4, 0.5) is 5.69 Å². The standard InChI is InChI=1S/C14H14Cl2N2O/c1-2-19-14-13(4-3-7-17-14)18-9-10-5-6-11(15)12(16)8-10/h3-8,18H,2,9H2,1H3. The normalized spacial score (nSPS) is 10.3. The molecule has 3 nitrogen and oxygen atoms in total. The fourth-order valence-corrected chi connectivity index (χ4v) is 1.94. The van der Waals surface area contributed by atoms with Crippen LogP contribution in [0, 0.1) is 0 Å². The van der Waals surface area contributed by atoms with Crippen LogP contribution in [0.1, 0.15) is 12.5 Å². The third kappa shape index (κ3) is 3.75. The maximum absolute atomic E-state index is 5.98. The van der Waals surface area contributed by atoms with Gasteiger partial charge in [0.05, 0.1) is 22.3 Å². The lowest BCUT2D eigenvalue weighted by atomic mass is 10.2. The predicted molar refractivity (Wildman–Crippen MR) is 79.2 cm³/mol. The van der Waals surface area contributed by atoms with Gasteiger partial charge >= 0.3 is 0 Å². The molecule has 0 amide bonds. The van der Waals surface area contributed by atoms with E-state index in [1.165, 1.54) is 0 Å². The van der Waals surface area contributed by atoms with Gasteiger partial charge in [-0.2, -0.15) is 0 Å². The Bertz CT molecular complexity index is 561. The van der Waals surface area contributed by atoms with Gasteiger partial charge in [0.1, 0.15) is 0 Å². The van der Waals surface area contributed by atoms with Crippen molar-refractivity contribution in [3.05, 3.63) is 52.1 Å². The number of anilines is 1. The third-order valence-corrected chi connectivity index (χ3v) is 3.26. The van der Waals surface area contributed by atoms with Crippen molar-refractivity contribution >= 4 is 28.9 Å².